The van der Waals surface area contributed by atoms with Crippen molar-refractivity contribution in [3.8, 4) is 0 Å². The van der Waals surface area contributed by atoms with E-state index in [1.54, 1.807) is 18.5 Å². The lowest BCUT2D eigenvalue weighted by Gasteiger charge is -2.01. The number of halogens is 1. The van der Waals surface area contributed by atoms with Crippen LogP contribution in [0.4, 0.5) is 0 Å². The van der Waals surface area contributed by atoms with Gasteiger partial charge in [0.15, 0.2) is 12.4 Å². The average molecular weight is 259 g/mol. The molecule has 3 nitrogen and oxygen atoms in total. The zero-order chi connectivity index (χ0) is 9.52. The van der Waals surface area contributed by atoms with Crippen LogP contribution in [0.3, 0.4) is 0 Å². The van der Waals surface area contributed by atoms with Crippen molar-refractivity contribution < 1.29 is 26.8 Å². The number of amides is 1. The van der Waals surface area contributed by atoms with Crippen molar-refractivity contribution in [3.63, 3.8) is 0 Å². The number of rotatable bonds is 4. The average Bonchev–Trinajstić information content (AvgIpc) is 2.19. The minimum absolute atomic E-state index is 0. The van der Waals surface area contributed by atoms with Crippen LogP contribution in [-0.2, 0) is 0 Å². The van der Waals surface area contributed by atoms with Crippen LogP contribution in [0.15, 0.2) is 24.5 Å². The van der Waals surface area contributed by atoms with Crippen molar-refractivity contribution in [2.75, 3.05) is 6.54 Å². The smallest absolute Gasteiger partial charge is 0.257 e. The van der Waals surface area contributed by atoms with Crippen molar-refractivity contribution in [2.24, 2.45) is 0 Å². The molecule has 0 saturated heterocycles. The minimum Gasteiger partial charge on any atom is -1.00 e. The molecule has 0 aromatic carbocycles. The second-order valence-corrected chi connectivity index (χ2v) is 2.90. The van der Waals surface area contributed by atoms with Gasteiger partial charge < -0.3 is 22.3 Å². The zero-order valence-electron chi connectivity index (χ0n) is 8.22. The Morgan fingerprint density at radius 2 is 2.36 bits per heavy atom. The number of aromatic amines is 1. The molecule has 1 aromatic heterocycles. The van der Waals surface area contributed by atoms with Crippen molar-refractivity contribution in [2.45, 2.75) is 19.8 Å². The van der Waals surface area contributed by atoms with E-state index in [0.29, 0.717) is 5.56 Å². The van der Waals surface area contributed by atoms with Gasteiger partial charge in [-0.2, -0.15) is 0 Å². The highest BCUT2D eigenvalue weighted by Gasteiger charge is 2.05. The molecular formula is C10H15BrN2O. The Balaban J connectivity index is 0.00000169. The summed E-state index contributed by atoms with van der Waals surface area (Å²) in [6, 6.07) is 3.60. The van der Waals surface area contributed by atoms with Crippen LogP contribution in [0, 0.1) is 0 Å². The second-order valence-electron chi connectivity index (χ2n) is 2.90. The first-order valence-corrected chi connectivity index (χ1v) is 4.59. The third-order valence-corrected chi connectivity index (χ3v) is 1.79. The number of carbonyl (C=O) groups excluding carboxylic acids is 1. The molecule has 2 N–H and O–H groups in total. The van der Waals surface area contributed by atoms with Gasteiger partial charge in [0.25, 0.3) is 5.91 Å². The summed E-state index contributed by atoms with van der Waals surface area (Å²) in [5.41, 5.74) is 0.679. The molecule has 0 atom stereocenters. The van der Waals surface area contributed by atoms with E-state index < -0.39 is 0 Å². The highest BCUT2D eigenvalue weighted by Crippen LogP contribution is 1.93. The van der Waals surface area contributed by atoms with Crippen LogP contribution in [0.5, 0.6) is 0 Å². The zero-order valence-corrected chi connectivity index (χ0v) is 9.80. The van der Waals surface area contributed by atoms with Gasteiger partial charge in [-0.15, -0.1) is 0 Å². The molecule has 0 aliphatic heterocycles. The van der Waals surface area contributed by atoms with Gasteiger partial charge in [0.2, 0.25) is 0 Å². The van der Waals surface area contributed by atoms with Crippen molar-refractivity contribution in [3.05, 3.63) is 30.1 Å². The van der Waals surface area contributed by atoms with E-state index in [-0.39, 0.29) is 22.9 Å². The Labute approximate surface area is 94.7 Å². The molecule has 1 heterocycles. The molecule has 4 heteroatoms. The lowest BCUT2D eigenvalue weighted by molar-refractivity contribution is -0.378. The number of carbonyl (C=O) groups is 1. The van der Waals surface area contributed by atoms with E-state index in [1.807, 2.05) is 6.07 Å². The molecule has 0 spiro atoms. The van der Waals surface area contributed by atoms with Crippen LogP contribution >= 0.6 is 0 Å². The number of H-pyrrole nitrogens is 1. The van der Waals surface area contributed by atoms with E-state index in [2.05, 4.69) is 17.2 Å². The quantitative estimate of drug-likeness (QED) is 0.627. The van der Waals surface area contributed by atoms with E-state index >= 15 is 0 Å². The fourth-order valence-corrected chi connectivity index (χ4v) is 1.02. The molecule has 14 heavy (non-hydrogen) atoms. The molecule has 1 rings (SSSR count). The van der Waals surface area contributed by atoms with Gasteiger partial charge in [-0.1, -0.05) is 13.3 Å². The second kappa shape index (κ2) is 7.50. The summed E-state index contributed by atoms with van der Waals surface area (Å²) in [5, 5.41) is 2.84. The van der Waals surface area contributed by atoms with Gasteiger partial charge in [-0.3, -0.25) is 4.79 Å². The Bertz CT molecular complexity index is 264. The van der Waals surface area contributed by atoms with Crippen LogP contribution in [0.1, 0.15) is 30.1 Å². The topological polar surface area (TPSA) is 43.2 Å². The number of aromatic nitrogens is 1. The SMILES string of the molecule is CCCCNC(=O)c1ccc[nH+]c1.[Br-]. The Kier molecular flexibility index (Phi) is 7.02. The summed E-state index contributed by atoms with van der Waals surface area (Å²) in [6.07, 6.45) is 5.60. The molecule has 1 aromatic rings. The van der Waals surface area contributed by atoms with Crippen molar-refractivity contribution in [1.29, 1.82) is 0 Å². The molecule has 0 saturated carbocycles. The summed E-state index contributed by atoms with van der Waals surface area (Å²) < 4.78 is 0. The molecular weight excluding hydrogens is 244 g/mol. The van der Waals surface area contributed by atoms with Crippen LogP contribution in [-0.4, -0.2) is 12.5 Å². The van der Waals surface area contributed by atoms with Gasteiger partial charge in [0.1, 0.15) is 5.56 Å². The molecule has 0 fully saturated rings. The fraction of sp³-hybridized carbons (Fsp3) is 0.400. The Morgan fingerprint density at radius 3 is 2.93 bits per heavy atom. The van der Waals surface area contributed by atoms with Crippen LogP contribution < -0.4 is 27.3 Å². The van der Waals surface area contributed by atoms with Gasteiger partial charge in [-0.05, 0) is 12.5 Å². The van der Waals surface area contributed by atoms with Gasteiger partial charge in [0, 0.05) is 12.6 Å². The molecule has 0 unspecified atom stereocenters. The van der Waals surface area contributed by atoms with E-state index in [4.69, 9.17) is 0 Å². The summed E-state index contributed by atoms with van der Waals surface area (Å²) in [7, 11) is 0. The number of unbranched alkanes of at least 4 members (excludes halogenated alkanes) is 1. The molecule has 78 valence electrons. The van der Waals surface area contributed by atoms with E-state index in [0.717, 1.165) is 19.4 Å². The highest BCUT2D eigenvalue weighted by molar-refractivity contribution is 5.93. The Hall–Kier alpha value is -0.900. The van der Waals surface area contributed by atoms with Crippen LogP contribution in [0.2, 0.25) is 0 Å². The summed E-state index contributed by atoms with van der Waals surface area (Å²) in [4.78, 5) is 14.3. The maximum Gasteiger partial charge on any atom is 0.257 e. The maximum absolute atomic E-state index is 11.4. The number of nitrogens with one attached hydrogen (secondary N) is 2. The molecule has 0 radical (unpaired) electrons. The standard InChI is InChI=1S/C10H14N2O.BrH/c1-2-3-7-12-10(13)9-5-4-6-11-8-9;/h4-6,8H,2-3,7H2,1H3,(H,12,13);1H. The van der Waals surface area contributed by atoms with Gasteiger partial charge >= 0.3 is 0 Å². The van der Waals surface area contributed by atoms with E-state index in [1.165, 1.54) is 0 Å². The third-order valence-electron chi connectivity index (χ3n) is 1.79. The lowest BCUT2D eigenvalue weighted by Crippen LogP contribution is -3.00. The Morgan fingerprint density at radius 1 is 1.57 bits per heavy atom. The summed E-state index contributed by atoms with van der Waals surface area (Å²) in [6.45, 7) is 2.85. The fourth-order valence-electron chi connectivity index (χ4n) is 1.02. The van der Waals surface area contributed by atoms with Gasteiger partial charge in [0.05, 0.1) is 0 Å². The first-order valence-electron chi connectivity index (χ1n) is 4.59. The molecule has 0 aliphatic rings. The lowest BCUT2D eigenvalue weighted by atomic mass is 10.2. The van der Waals surface area contributed by atoms with Gasteiger partial charge in [-0.25, -0.2) is 4.98 Å². The number of hydrogen-bond acceptors (Lipinski definition) is 1. The maximum atomic E-state index is 11.4. The third kappa shape index (κ3) is 4.37. The van der Waals surface area contributed by atoms with Crippen LogP contribution in [0.25, 0.3) is 0 Å². The summed E-state index contributed by atoms with van der Waals surface area (Å²) >= 11 is 0. The van der Waals surface area contributed by atoms with E-state index in [9.17, 15) is 4.79 Å². The number of hydrogen-bond donors (Lipinski definition) is 1. The monoisotopic (exact) mass is 258 g/mol. The largest absolute Gasteiger partial charge is 1.00 e. The summed E-state index contributed by atoms with van der Waals surface area (Å²) in [5.74, 6) is -0.00898. The first-order chi connectivity index (χ1) is 6.34. The highest BCUT2D eigenvalue weighted by atomic mass is 79.9. The molecule has 1 amide bonds. The minimum atomic E-state index is -0.00898. The first kappa shape index (κ1) is 13.1. The van der Waals surface area contributed by atoms with Crippen molar-refractivity contribution in [1.82, 2.24) is 5.32 Å². The predicted octanol–water partition coefficient (Wildman–Crippen LogP) is -1.97. The number of pyridine rings is 1. The molecule has 0 aliphatic carbocycles. The predicted molar refractivity (Wildman–Crippen MR) is 50.2 cm³/mol. The normalized spacial score (nSPS) is 8.93. The van der Waals surface area contributed by atoms with Crippen molar-refractivity contribution >= 4 is 5.91 Å². The molecule has 0 bridgehead atoms.